The topological polar surface area (TPSA) is 73.2 Å². The number of allylic oxidation sites excluding steroid dienone is 7. The smallest absolute Gasteiger partial charge is 0.407 e. The molecule has 1 aromatic rings. The Balaban J connectivity index is -0.000000507. The molecule has 0 radical (unpaired) electrons. The van der Waals surface area contributed by atoms with Gasteiger partial charge in [0, 0.05) is 18.8 Å². The van der Waals surface area contributed by atoms with Gasteiger partial charge in [-0.3, -0.25) is 4.79 Å². The zero-order valence-electron chi connectivity index (χ0n) is 21.4. The normalized spacial score (nSPS) is 11.0. The number of aryl methyl sites for hydroxylation is 1. The van der Waals surface area contributed by atoms with Crippen molar-refractivity contribution >= 4 is 27.7 Å². The van der Waals surface area contributed by atoms with E-state index in [9.17, 15) is 18.4 Å². The third kappa shape index (κ3) is 20.1. The highest BCUT2D eigenvalue weighted by molar-refractivity contribution is 9.09. The third-order valence-electron chi connectivity index (χ3n) is 3.21. The average Bonchev–Trinajstić information content (AvgIpc) is 2.86. The highest BCUT2D eigenvalue weighted by Gasteiger charge is 2.02. The van der Waals surface area contributed by atoms with E-state index in [1.54, 1.807) is 0 Å². The van der Waals surface area contributed by atoms with Gasteiger partial charge in [-0.05, 0) is 32.4 Å². The van der Waals surface area contributed by atoms with Crippen LogP contribution < -0.4 is 10.7 Å². The van der Waals surface area contributed by atoms with Gasteiger partial charge in [-0.25, -0.2) is 18.3 Å². The fourth-order valence-electron chi connectivity index (χ4n) is 1.79. The van der Waals surface area contributed by atoms with Crippen molar-refractivity contribution in [2.75, 3.05) is 25.2 Å². The second-order valence-corrected chi connectivity index (χ2v) is 6.25. The standard InChI is InChI=1S/C11H11BrF2N2O.C10H17NO2.2C2H6/c1-8-11(17)3-5-16(15-8)10(2-4-13)6-9(14)7-12;1-3-5-6-7-8-11-10(12)13-9-4-2;2*1-2/h2-3,5-6H,4,7H2,1H3;3,5-7H,4,8-9H2,1-2H3,(H,11,12);2*1-2H3/b9-6+,10-2+;5-3-,7-6-;;. The summed E-state index contributed by atoms with van der Waals surface area (Å²) >= 11 is 2.95. The Morgan fingerprint density at radius 3 is 2.41 bits per heavy atom. The van der Waals surface area contributed by atoms with Gasteiger partial charge >= 0.3 is 6.09 Å². The third-order valence-corrected chi connectivity index (χ3v) is 3.74. The van der Waals surface area contributed by atoms with Crippen LogP contribution in [0.25, 0.3) is 5.70 Å². The van der Waals surface area contributed by atoms with Gasteiger partial charge in [0.25, 0.3) is 0 Å². The average molecular weight is 549 g/mol. The molecule has 1 N–H and O–H groups in total. The molecule has 0 spiro atoms. The largest absolute Gasteiger partial charge is 0.450 e. The molecule has 1 aromatic heterocycles. The number of carbonyl (C=O) groups excluding carboxylic acids is 1. The maximum Gasteiger partial charge on any atom is 0.407 e. The van der Waals surface area contributed by atoms with Crippen molar-refractivity contribution in [3.05, 3.63) is 70.5 Å². The van der Waals surface area contributed by atoms with E-state index in [1.165, 1.54) is 29.9 Å². The Morgan fingerprint density at radius 1 is 1.26 bits per heavy atom. The molecule has 0 unspecified atom stereocenters. The molecule has 34 heavy (non-hydrogen) atoms. The van der Waals surface area contributed by atoms with Crippen LogP contribution in [0, 0.1) is 6.92 Å². The fraction of sp³-hybridized carbons (Fsp3) is 0.480. The summed E-state index contributed by atoms with van der Waals surface area (Å²) in [5.41, 5.74) is 0.295. The molecule has 1 amide bonds. The monoisotopic (exact) mass is 547 g/mol. The Hall–Kier alpha value is -2.55. The van der Waals surface area contributed by atoms with E-state index >= 15 is 0 Å². The number of amides is 1. The molecular weight excluding hydrogens is 508 g/mol. The minimum atomic E-state index is -0.742. The van der Waals surface area contributed by atoms with Crippen molar-refractivity contribution < 1.29 is 18.3 Å². The minimum absolute atomic E-state index is 0.0375. The van der Waals surface area contributed by atoms with E-state index in [0.29, 0.717) is 13.2 Å². The van der Waals surface area contributed by atoms with E-state index in [0.717, 1.165) is 12.5 Å². The first-order chi connectivity index (χ1) is 16.4. The van der Waals surface area contributed by atoms with E-state index in [1.807, 2.05) is 65.8 Å². The molecule has 1 heterocycles. The molecule has 194 valence electrons. The maximum absolute atomic E-state index is 13.1. The number of aromatic nitrogens is 2. The number of rotatable bonds is 9. The molecule has 0 aromatic carbocycles. The SMILES string of the molecule is C/C=C\C=C/CNC(=O)OCCC.CC.CC.Cc1nn(C(/C=C(/F)CBr)=C/CF)ccc1=O. The van der Waals surface area contributed by atoms with Crippen molar-refractivity contribution in [2.24, 2.45) is 0 Å². The predicted molar refractivity (Wildman–Crippen MR) is 143 cm³/mol. The summed E-state index contributed by atoms with van der Waals surface area (Å²) in [6, 6.07) is 1.30. The molecule has 0 saturated heterocycles. The molecule has 0 bridgehead atoms. The van der Waals surface area contributed by atoms with Crippen LogP contribution >= 0.6 is 15.9 Å². The summed E-state index contributed by atoms with van der Waals surface area (Å²) in [5.74, 6) is -0.456. The number of ether oxygens (including phenoxy) is 1. The summed E-state index contributed by atoms with van der Waals surface area (Å²) in [4.78, 5) is 22.0. The van der Waals surface area contributed by atoms with Gasteiger partial charge in [0.15, 0.2) is 0 Å². The van der Waals surface area contributed by atoms with Crippen LogP contribution in [0.3, 0.4) is 0 Å². The predicted octanol–water partition coefficient (Wildman–Crippen LogP) is 6.92. The maximum atomic E-state index is 13.1. The lowest BCUT2D eigenvalue weighted by Gasteiger charge is -2.06. The van der Waals surface area contributed by atoms with Crippen molar-refractivity contribution in [3.8, 4) is 0 Å². The molecule has 9 heteroatoms. The number of carbonyl (C=O) groups is 1. The van der Waals surface area contributed by atoms with Crippen LogP contribution in [0.4, 0.5) is 13.6 Å². The van der Waals surface area contributed by atoms with Crippen molar-refractivity contribution in [1.29, 1.82) is 0 Å². The van der Waals surface area contributed by atoms with Crippen LogP contribution in [0.1, 0.15) is 53.7 Å². The highest BCUT2D eigenvalue weighted by atomic mass is 79.9. The molecular formula is C25H40BrF2N3O3. The number of alkyl carbamates (subject to hydrolysis) is 1. The van der Waals surface area contributed by atoms with Gasteiger partial charge in [-0.15, -0.1) is 0 Å². The highest BCUT2D eigenvalue weighted by Crippen LogP contribution is 2.11. The summed E-state index contributed by atoms with van der Waals surface area (Å²) in [5, 5.41) is 6.55. The van der Waals surface area contributed by atoms with Crippen LogP contribution in [-0.4, -0.2) is 41.0 Å². The second-order valence-electron chi connectivity index (χ2n) is 5.69. The molecule has 0 aliphatic carbocycles. The van der Waals surface area contributed by atoms with E-state index in [2.05, 4.69) is 26.3 Å². The molecule has 0 aliphatic heterocycles. The Labute approximate surface area is 211 Å². The van der Waals surface area contributed by atoms with E-state index in [4.69, 9.17) is 4.74 Å². The van der Waals surface area contributed by atoms with Gasteiger partial charge < -0.3 is 10.1 Å². The summed E-state index contributed by atoms with van der Waals surface area (Å²) in [6.45, 7) is 13.7. The fourth-order valence-corrected chi connectivity index (χ4v) is 1.95. The first kappa shape index (κ1) is 36.0. The number of halogens is 3. The van der Waals surface area contributed by atoms with Gasteiger partial charge in [-0.1, -0.05) is 74.9 Å². The van der Waals surface area contributed by atoms with Crippen LogP contribution in [0.2, 0.25) is 0 Å². The molecule has 6 nitrogen and oxygen atoms in total. The first-order valence-corrected chi connectivity index (χ1v) is 12.4. The number of alkyl halides is 2. The molecule has 0 aliphatic rings. The zero-order chi connectivity index (χ0) is 26.8. The van der Waals surface area contributed by atoms with Crippen molar-refractivity contribution in [3.63, 3.8) is 0 Å². The summed E-state index contributed by atoms with van der Waals surface area (Å²) < 4.78 is 31.5. The van der Waals surface area contributed by atoms with Crippen molar-refractivity contribution in [1.82, 2.24) is 15.1 Å². The van der Waals surface area contributed by atoms with Crippen LogP contribution in [0.15, 0.2) is 59.3 Å². The summed E-state index contributed by atoms with van der Waals surface area (Å²) in [6.07, 6.45) is 11.8. The molecule has 0 fully saturated rings. The van der Waals surface area contributed by atoms with Gasteiger partial charge in [0.05, 0.1) is 17.6 Å². The lowest BCUT2D eigenvalue weighted by molar-refractivity contribution is 0.147. The van der Waals surface area contributed by atoms with Gasteiger partial charge in [0.2, 0.25) is 5.43 Å². The van der Waals surface area contributed by atoms with Gasteiger partial charge in [-0.2, -0.15) is 5.10 Å². The number of hydrogen-bond acceptors (Lipinski definition) is 4. The van der Waals surface area contributed by atoms with E-state index < -0.39 is 12.5 Å². The Morgan fingerprint density at radius 2 is 1.91 bits per heavy atom. The first-order valence-electron chi connectivity index (χ1n) is 11.3. The van der Waals surface area contributed by atoms with Crippen LogP contribution in [0.5, 0.6) is 0 Å². The van der Waals surface area contributed by atoms with Crippen LogP contribution in [-0.2, 0) is 4.74 Å². The number of nitrogens with one attached hydrogen (secondary N) is 1. The number of nitrogens with zero attached hydrogens (tertiary/aromatic N) is 2. The summed E-state index contributed by atoms with van der Waals surface area (Å²) in [7, 11) is 0. The second kappa shape index (κ2) is 26.7. The van der Waals surface area contributed by atoms with Gasteiger partial charge in [0.1, 0.15) is 18.2 Å². The van der Waals surface area contributed by atoms with E-state index in [-0.39, 0.29) is 28.2 Å². The number of hydrogen-bond donors (Lipinski definition) is 1. The molecule has 0 saturated carbocycles. The lowest BCUT2D eigenvalue weighted by atomic mass is 10.3. The van der Waals surface area contributed by atoms with Crippen molar-refractivity contribution in [2.45, 2.75) is 54.9 Å². The quantitative estimate of drug-likeness (QED) is 0.269. The Bertz CT molecular complexity index is 820. The minimum Gasteiger partial charge on any atom is -0.450 e. The Kier molecular flexibility index (Phi) is 28.3. The lowest BCUT2D eigenvalue weighted by Crippen LogP contribution is -2.24. The molecule has 1 rings (SSSR count). The molecule has 0 atom stereocenters. The zero-order valence-corrected chi connectivity index (χ0v) is 23.0.